The van der Waals surface area contributed by atoms with Crippen molar-refractivity contribution < 1.29 is 4.74 Å². The largest absolute Gasteiger partial charge is 0.497 e. The first-order valence-corrected chi connectivity index (χ1v) is 5.73. The lowest BCUT2D eigenvalue weighted by Gasteiger charge is -2.05. The van der Waals surface area contributed by atoms with E-state index < -0.39 is 0 Å². The van der Waals surface area contributed by atoms with Crippen LogP contribution in [-0.2, 0) is 0 Å². The van der Waals surface area contributed by atoms with Crippen LogP contribution in [0.5, 0.6) is 5.75 Å². The monoisotopic (exact) mass is 230 g/mol. The molecule has 0 saturated heterocycles. The highest BCUT2D eigenvalue weighted by Gasteiger charge is 2.08. The summed E-state index contributed by atoms with van der Waals surface area (Å²) in [6, 6.07) is 8.35. The minimum Gasteiger partial charge on any atom is -0.497 e. The van der Waals surface area contributed by atoms with Gasteiger partial charge < -0.3 is 15.0 Å². The lowest BCUT2D eigenvalue weighted by Crippen LogP contribution is -1.95. The predicted octanol–water partition coefficient (Wildman–Crippen LogP) is 3.33. The van der Waals surface area contributed by atoms with Crippen LogP contribution in [0.1, 0.15) is 19.9 Å². The minimum atomic E-state index is 0.414. The summed E-state index contributed by atoms with van der Waals surface area (Å²) in [4.78, 5) is 0. The number of nitrogens with zero attached hydrogens (tertiary/aromatic N) is 1. The van der Waals surface area contributed by atoms with Crippen molar-refractivity contribution >= 4 is 5.69 Å². The molecular weight excluding hydrogens is 212 g/mol. The number of aromatic nitrogens is 1. The highest BCUT2D eigenvalue weighted by molar-refractivity contribution is 5.76. The maximum Gasteiger partial charge on any atom is 0.119 e. The van der Waals surface area contributed by atoms with Gasteiger partial charge in [-0.3, -0.25) is 0 Å². The third-order valence-corrected chi connectivity index (χ3v) is 2.85. The molecular formula is C14H18N2O. The molecule has 1 aromatic carbocycles. The molecule has 0 radical (unpaired) electrons. The van der Waals surface area contributed by atoms with E-state index in [0.29, 0.717) is 6.04 Å². The van der Waals surface area contributed by atoms with E-state index in [1.54, 1.807) is 7.11 Å². The maximum absolute atomic E-state index is 6.04. The van der Waals surface area contributed by atoms with Crippen molar-refractivity contribution in [1.29, 1.82) is 0 Å². The average Bonchev–Trinajstić information content (AvgIpc) is 2.72. The SMILES string of the molecule is COc1cccc(-c2cn(C(C)C)cc2N)c1. The Bertz CT molecular complexity index is 515. The number of rotatable bonds is 3. The van der Waals surface area contributed by atoms with Crippen molar-refractivity contribution in [2.24, 2.45) is 0 Å². The Kier molecular flexibility index (Phi) is 3.09. The van der Waals surface area contributed by atoms with Crippen LogP contribution in [0, 0.1) is 0 Å². The van der Waals surface area contributed by atoms with Gasteiger partial charge in [0.1, 0.15) is 5.75 Å². The van der Waals surface area contributed by atoms with Gasteiger partial charge >= 0.3 is 0 Å². The van der Waals surface area contributed by atoms with Crippen LogP contribution in [0.15, 0.2) is 36.7 Å². The number of nitrogen functional groups attached to an aromatic ring is 1. The molecule has 17 heavy (non-hydrogen) atoms. The first-order chi connectivity index (χ1) is 8.11. The Morgan fingerprint density at radius 3 is 2.59 bits per heavy atom. The van der Waals surface area contributed by atoms with Gasteiger partial charge in [0, 0.05) is 24.0 Å². The van der Waals surface area contributed by atoms with Gasteiger partial charge in [-0.05, 0) is 31.5 Å². The molecule has 0 fully saturated rings. The molecule has 90 valence electrons. The summed E-state index contributed by atoms with van der Waals surface area (Å²) >= 11 is 0. The van der Waals surface area contributed by atoms with Crippen molar-refractivity contribution in [3.8, 4) is 16.9 Å². The highest BCUT2D eigenvalue weighted by Crippen LogP contribution is 2.30. The Labute approximate surface area is 102 Å². The Morgan fingerprint density at radius 2 is 2.00 bits per heavy atom. The van der Waals surface area contributed by atoms with Crippen LogP contribution in [0.25, 0.3) is 11.1 Å². The smallest absolute Gasteiger partial charge is 0.119 e. The Hall–Kier alpha value is -1.90. The van der Waals surface area contributed by atoms with Crippen LogP contribution in [0.3, 0.4) is 0 Å². The number of ether oxygens (including phenoxy) is 1. The molecule has 0 saturated carbocycles. The molecule has 2 N–H and O–H groups in total. The molecule has 0 atom stereocenters. The number of benzene rings is 1. The number of methoxy groups -OCH3 is 1. The van der Waals surface area contributed by atoms with E-state index in [0.717, 1.165) is 22.6 Å². The maximum atomic E-state index is 6.04. The molecule has 1 heterocycles. The fourth-order valence-corrected chi connectivity index (χ4v) is 1.82. The second kappa shape index (κ2) is 4.53. The second-order valence-corrected chi connectivity index (χ2v) is 4.40. The highest BCUT2D eigenvalue weighted by atomic mass is 16.5. The molecule has 0 aliphatic carbocycles. The van der Waals surface area contributed by atoms with Crippen molar-refractivity contribution in [3.05, 3.63) is 36.7 Å². The standard InChI is InChI=1S/C14H18N2O/c1-10(2)16-8-13(14(15)9-16)11-5-4-6-12(7-11)17-3/h4-10H,15H2,1-3H3. The van der Waals surface area contributed by atoms with E-state index in [-0.39, 0.29) is 0 Å². The summed E-state index contributed by atoms with van der Waals surface area (Å²) in [6.07, 6.45) is 4.05. The zero-order valence-electron chi connectivity index (χ0n) is 10.5. The minimum absolute atomic E-state index is 0.414. The van der Waals surface area contributed by atoms with Crippen LogP contribution in [-0.4, -0.2) is 11.7 Å². The van der Waals surface area contributed by atoms with E-state index in [9.17, 15) is 0 Å². The van der Waals surface area contributed by atoms with E-state index in [1.807, 2.05) is 30.5 Å². The zero-order chi connectivity index (χ0) is 12.4. The topological polar surface area (TPSA) is 40.2 Å². The number of nitrogens with two attached hydrogens (primary N) is 1. The van der Waals surface area contributed by atoms with Gasteiger partial charge in [0.25, 0.3) is 0 Å². The summed E-state index contributed by atoms with van der Waals surface area (Å²) in [5.74, 6) is 0.846. The molecule has 2 rings (SSSR count). The molecule has 0 bridgehead atoms. The first-order valence-electron chi connectivity index (χ1n) is 5.73. The van der Waals surface area contributed by atoms with Gasteiger partial charge in [-0.1, -0.05) is 12.1 Å². The van der Waals surface area contributed by atoms with E-state index in [4.69, 9.17) is 10.5 Å². The van der Waals surface area contributed by atoms with Gasteiger partial charge in [0.05, 0.1) is 12.8 Å². The van der Waals surface area contributed by atoms with E-state index in [2.05, 4.69) is 24.6 Å². The Balaban J connectivity index is 2.45. The quantitative estimate of drug-likeness (QED) is 0.878. The summed E-state index contributed by atoms with van der Waals surface area (Å²) in [5.41, 5.74) is 8.98. The summed E-state index contributed by atoms with van der Waals surface area (Å²) in [6.45, 7) is 4.27. The first kappa shape index (κ1) is 11.6. The van der Waals surface area contributed by atoms with Gasteiger partial charge in [-0.2, -0.15) is 0 Å². The molecule has 0 unspecified atom stereocenters. The molecule has 3 nitrogen and oxygen atoms in total. The molecule has 2 aromatic rings. The number of anilines is 1. The average molecular weight is 230 g/mol. The predicted molar refractivity (Wildman–Crippen MR) is 71.2 cm³/mol. The van der Waals surface area contributed by atoms with E-state index in [1.165, 1.54) is 0 Å². The molecule has 0 spiro atoms. The van der Waals surface area contributed by atoms with Crippen LogP contribution in [0.4, 0.5) is 5.69 Å². The van der Waals surface area contributed by atoms with Crippen molar-refractivity contribution in [2.75, 3.05) is 12.8 Å². The normalized spacial score (nSPS) is 10.8. The lowest BCUT2D eigenvalue weighted by molar-refractivity contribution is 0.415. The molecule has 3 heteroatoms. The van der Waals surface area contributed by atoms with Gasteiger partial charge in [-0.25, -0.2) is 0 Å². The fraction of sp³-hybridized carbons (Fsp3) is 0.286. The summed E-state index contributed by atoms with van der Waals surface area (Å²) in [5, 5.41) is 0. The van der Waals surface area contributed by atoms with Crippen molar-refractivity contribution in [3.63, 3.8) is 0 Å². The Morgan fingerprint density at radius 1 is 1.24 bits per heavy atom. The summed E-state index contributed by atoms with van der Waals surface area (Å²) < 4.78 is 7.34. The fourth-order valence-electron chi connectivity index (χ4n) is 1.82. The molecule has 1 aromatic heterocycles. The van der Waals surface area contributed by atoms with Gasteiger partial charge in [0.15, 0.2) is 0 Å². The van der Waals surface area contributed by atoms with Crippen LogP contribution < -0.4 is 10.5 Å². The number of hydrogen-bond acceptors (Lipinski definition) is 2. The third-order valence-electron chi connectivity index (χ3n) is 2.85. The molecule has 0 aliphatic rings. The molecule has 0 aliphatic heterocycles. The van der Waals surface area contributed by atoms with E-state index >= 15 is 0 Å². The van der Waals surface area contributed by atoms with Crippen LogP contribution >= 0.6 is 0 Å². The second-order valence-electron chi connectivity index (χ2n) is 4.40. The van der Waals surface area contributed by atoms with Crippen molar-refractivity contribution in [1.82, 2.24) is 4.57 Å². The number of hydrogen-bond donors (Lipinski definition) is 1. The van der Waals surface area contributed by atoms with Crippen molar-refractivity contribution in [2.45, 2.75) is 19.9 Å². The van der Waals surface area contributed by atoms with Gasteiger partial charge in [-0.15, -0.1) is 0 Å². The zero-order valence-corrected chi connectivity index (χ0v) is 10.5. The lowest BCUT2D eigenvalue weighted by atomic mass is 10.1. The van der Waals surface area contributed by atoms with Crippen LogP contribution in [0.2, 0.25) is 0 Å². The van der Waals surface area contributed by atoms with Gasteiger partial charge in [0.2, 0.25) is 0 Å². The third kappa shape index (κ3) is 2.28. The molecule has 0 amide bonds. The summed E-state index contributed by atoms with van der Waals surface area (Å²) in [7, 11) is 1.67.